The third kappa shape index (κ3) is 13.3. The summed E-state index contributed by atoms with van der Waals surface area (Å²) in [6, 6.07) is 0. The Labute approximate surface area is 337 Å². The minimum atomic E-state index is -6.51. The number of aromatic nitrogens is 8. The molecule has 8 N–H and O–H groups in total. The maximum atomic E-state index is 12.6. The van der Waals surface area contributed by atoms with Crippen LogP contribution in [0.5, 0.6) is 0 Å². The number of phosphoric acid groups is 4. The van der Waals surface area contributed by atoms with Gasteiger partial charge in [0, 0.05) is 0 Å². The minimum Gasteiger partial charge on any atom is -0.756 e. The van der Waals surface area contributed by atoms with Gasteiger partial charge in [0.25, 0.3) is 7.82 Å². The van der Waals surface area contributed by atoms with E-state index in [1.54, 1.807) is 0 Å². The molecule has 5 unspecified atom stereocenters. The summed E-state index contributed by atoms with van der Waals surface area (Å²) in [6.45, 7) is -1.38. The molecule has 4 heterocycles. The first-order valence-electron chi connectivity index (χ1n) is 14.1. The molecule has 4 rings (SSSR count). The summed E-state index contributed by atoms with van der Waals surface area (Å²) in [5, 5.41) is 0. The van der Waals surface area contributed by atoms with E-state index in [0.29, 0.717) is 0 Å². The molecule has 0 aliphatic heterocycles. The number of aldehydes is 4. The number of nitrogens with zero attached hydrogens (tertiary/aromatic N) is 8. The van der Waals surface area contributed by atoms with Gasteiger partial charge in [-0.2, -0.15) is 8.62 Å². The number of anilines is 2. The number of hydrogen-bond donors (Lipinski definition) is 6. The summed E-state index contributed by atoms with van der Waals surface area (Å²) >= 11 is 0. The van der Waals surface area contributed by atoms with E-state index >= 15 is 0 Å². The number of hydrogen-bond acceptors (Lipinski definition) is 25. The molecule has 57 heavy (non-hydrogen) atoms. The third-order valence-electron chi connectivity index (χ3n) is 6.14. The van der Waals surface area contributed by atoms with Crippen molar-refractivity contribution < 1.29 is 127 Å². The molecule has 306 valence electrons. The number of phosphoric ester groups is 1. The van der Waals surface area contributed by atoms with E-state index in [9.17, 15) is 66.5 Å². The normalized spacial score (nSPS) is 19.2. The number of fused-ring (bicyclic) bond motifs is 2. The fourth-order valence-corrected chi connectivity index (χ4v) is 11.0. The molecular formula is C20H24N10NaO21P5. The molecule has 0 saturated heterocycles. The molecule has 0 radical (unpaired) electrons. The van der Waals surface area contributed by atoms with Crippen LogP contribution in [0.3, 0.4) is 0 Å². The van der Waals surface area contributed by atoms with Crippen LogP contribution < -0.4 is 45.9 Å². The van der Waals surface area contributed by atoms with Gasteiger partial charge < -0.3 is 59.5 Å². The molecule has 37 heteroatoms. The van der Waals surface area contributed by atoms with Crippen molar-refractivity contribution in [2.24, 2.45) is 0 Å². The smallest absolute Gasteiger partial charge is 0.756 e. The van der Waals surface area contributed by atoms with E-state index in [1.165, 1.54) is 0 Å². The number of rotatable bonds is 23. The monoisotopic (exact) mass is 918 g/mol. The Balaban J connectivity index is 0.00000870. The van der Waals surface area contributed by atoms with E-state index in [0.717, 1.165) is 34.4 Å². The zero-order chi connectivity index (χ0) is 41.7. The van der Waals surface area contributed by atoms with Crippen LogP contribution in [0.4, 0.5) is 11.6 Å². The molecular weight excluding hydrogens is 894 g/mol. The number of nitrogen functional groups attached to an aromatic ring is 2. The standard InChI is InChI=1S/C20H25N10O21P5.Na/c21-17-15-19(25-7-23-17)29(9-27-15)13(3-33)46-11(1-31)5-45-53(37,38)49-55(41,42)51-56(43,44)50-54(39,40)48-52(35,36)6-12(2-32)47-14(4-34)30-10-28-16-18(22)24-8-26-20(16)30;/h1-4,7-14H,5-6H2,(H,35,36)(H,37,38)(H,39,40)(H,41,42)(H,43,44)(H2,21,23,25)(H2,22,24,26);/q;+1/p-1/t11-,12+,13-,14-;/m0./s1. The van der Waals surface area contributed by atoms with Gasteiger partial charge in [-0.1, -0.05) is 0 Å². The summed E-state index contributed by atoms with van der Waals surface area (Å²) < 4.78 is 92.8. The summed E-state index contributed by atoms with van der Waals surface area (Å²) in [5.74, 6) is -0.219. The number of nitrogens with two attached hydrogens (primary N) is 2. The number of carbonyl (C=O) groups excluding carboxylic acids is 4. The molecule has 0 aliphatic rings. The molecule has 31 nitrogen and oxygen atoms in total. The molecule has 0 bridgehead atoms. The van der Waals surface area contributed by atoms with Crippen LogP contribution in [0.1, 0.15) is 12.5 Å². The average Bonchev–Trinajstić information content (AvgIpc) is 3.71. The van der Waals surface area contributed by atoms with Gasteiger partial charge in [0.15, 0.2) is 54.2 Å². The summed E-state index contributed by atoms with van der Waals surface area (Å²) in [6.07, 6.45) is -5.22. The van der Waals surface area contributed by atoms with E-state index in [2.05, 4.69) is 51.7 Å². The first-order chi connectivity index (χ1) is 26.0. The van der Waals surface area contributed by atoms with E-state index in [-0.39, 0.29) is 88.7 Å². The van der Waals surface area contributed by atoms with E-state index in [4.69, 9.17) is 20.9 Å². The Hall–Kier alpha value is -2.95. The van der Waals surface area contributed by atoms with Crippen molar-refractivity contribution >= 4 is 98.0 Å². The zero-order valence-electron chi connectivity index (χ0n) is 28.0. The molecule has 0 fully saturated rings. The Morgan fingerprint density at radius 1 is 0.649 bits per heavy atom. The predicted molar refractivity (Wildman–Crippen MR) is 174 cm³/mol. The minimum absolute atomic E-state index is 0. The fraction of sp³-hybridized carbons (Fsp3) is 0.300. The van der Waals surface area contributed by atoms with Crippen LogP contribution in [-0.4, -0.2) is 109 Å². The van der Waals surface area contributed by atoms with Crippen LogP contribution in [-0.2, 0) is 73.2 Å². The van der Waals surface area contributed by atoms with Gasteiger partial charge in [-0.25, -0.2) is 52.2 Å². The van der Waals surface area contributed by atoms with Crippen LogP contribution >= 0.6 is 38.9 Å². The second-order valence-corrected chi connectivity index (χ2v) is 18.4. The molecule has 4 aromatic rings. The van der Waals surface area contributed by atoms with Gasteiger partial charge in [-0.3, -0.25) is 27.9 Å². The van der Waals surface area contributed by atoms with Crippen LogP contribution in [0.2, 0.25) is 0 Å². The maximum absolute atomic E-state index is 12.6. The second kappa shape index (κ2) is 19.4. The van der Waals surface area contributed by atoms with Crippen molar-refractivity contribution in [1.29, 1.82) is 0 Å². The molecule has 0 aliphatic carbocycles. The first kappa shape index (κ1) is 48.4. The van der Waals surface area contributed by atoms with Crippen molar-refractivity contribution in [1.82, 2.24) is 39.0 Å². The topological polar surface area (TPSA) is 461 Å². The summed E-state index contributed by atoms with van der Waals surface area (Å²) in [4.78, 5) is 121. The molecule has 0 amide bonds. The van der Waals surface area contributed by atoms with E-state index < -0.39 is 76.3 Å². The maximum Gasteiger partial charge on any atom is 1.00 e. The summed E-state index contributed by atoms with van der Waals surface area (Å²) in [5.41, 5.74) is 11.2. The van der Waals surface area contributed by atoms with Crippen LogP contribution in [0.25, 0.3) is 22.3 Å². The Morgan fingerprint density at radius 3 is 1.51 bits per heavy atom. The van der Waals surface area contributed by atoms with Gasteiger partial charge in [-0.05, 0) is 0 Å². The van der Waals surface area contributed by atoms with Crippen molar-refractivity contribution in [3.63, 3.8) is 0 Å². The first-order valence-corrected chi connectivity index (χ1v) is 21.8. The van der Waals surface area contributed by atoms with Gasteiger partial charge in [-0.15, -0.1) is 0 Å². The number of ether oxygens (including phenoxy) is 2. The van der Waals surface area contributed by atoms with Gasteiger partial charge in [0.1, 0.15) is 42.2 Å². The SMILES string of the molecule is Nc1ncnc2c1ncn2[C@H](C=O)O[C@H](C=O)CP(=O)(O)OP(=O)(O)OP(=O)(O)OP(=O)(O)OP(=O)([O-])OC[C@H](C=O)O[C@@H](C=O)n1cnc2c(N)ncnc21.[Na+]. The Kier molecular flexibility index (Phi) is 16.5. The van der Waals surface area contributed by atoms with Crippen molar-refractivity contribution in [3.8, 4) is 0 Å². The molecule has 9 atom stereocenters. The predicted octanol–water partition coefficient (Wildman–Crippen LogP) is -4.56. The van der Waals surface area contributed by atoms with Crippen molar-refractivity contribution in [3.05, 3.63) is 25.3 Å². The van der Waals surface area contributed by atoms with Crippen LogP contribution in [0, 0.1) is 0 Å². The number of imidazole rings is 2. The molecule has 0 saturated carbocycles. The van der Waals surface area contributed by atoms with Crippen LogP contribution in [0.15, 0.2) is 25.3 Å². The van der Waals surface area contributed by atoms with Gasteiger partial charge >= 0.3 is 60.6 Å². The third-order valence-corrected chi connectivity index (χ3v) is 14.2. The van der Waals surface area contributed by atoms with Gasteiger partial charge in [0.2, 0.25) is 0 Å². The molecule has 0 spiro atoms. The molecule has 0 aromatic carbocycles. The van der Waals surface area contributed by atoms with Crippen molar-refractivity contribution in [2.45, 2.75) is 24.7 Å². The Bertz CT molecular complexity index is 2370. The Morgan fingerprint density at radius 2 is 1.07 bits per heavy atom. The van der Waals surface area contributed by atoms with Crippen molar-refractivity contribution in [2.75, 3.05) is 24.2 Å². The average molecular weight is 918 g/mol. The largest absolute Gasteiger partial charge is 1.00 e. The molecule has 4 aromatic heterocycles. The van der Waals surface area contributed by atoms with Gasteiger partial charge in [0.05, 0.1) is 25.4 Å². The quantitative estimate of drug-likeness (QED) is 0.0232. The fourth-order valence-electron chi connectivity index (χ4n) is 4.07. The summed E-state index contributed by atoms with van der Waals surface area (Å²) in [7, 11) is -31.1. The second-order valence-electron chi connectivity index (χ2n) is 10.1. The zero-order valence-corrected chi connectivity index (χ0v) is 34.5. The number of carbonyl (C=O) groups is 4. The van der Waals surface area contributed by atoms with E-state index in [1.807, 2.05) is 0 Å².